The van der Waals surface area contributed by atoms with Crippen molar-refractivity contribution in [3.63, 3.8) is 0 Å². The van der Waals surface area contributed by atoms with Crippen molar-refractivity contribution >= 4 is 11.6 Å². The number of nitrogens with one attached hydrogen (secondary N) is 1. The first-order chi connectivity index (χ1) is 15.7. The van der Waals surface area contributed by atoms with E-state index in [9.17, 15) is 4.79 Å². The minimum atomic E-state index is 0.183. The quantitative estimate of drug-likeness (QED) is 0.656. The largest absolute Gasteiger partial charge is 0.371 e. The summed E-state index contributed by atoms with van der Waals surface area (Å²) in [6, 6.07) is 21.3. The van der Waals surface area contributed by atoms with E-state index in [2.05, 4.69) is 87.7 Å². The molecule has 0 radical (unpaired) electrons. The molecule has 172 valence electrons. The van der Waals surface area contributed by atoms with Gasteiger partial charge >= 0.3 is 0 Å². The molecule has 5 nitrogen and oxygen atoms in total. The fourth-order valence-corrected chi connectivity index (χ4v) is 5.12. The number of nitrogens with zero attached hydrogens (tertiary/aromatic N) is 3. The second-order valence-corrected chi connectivity index (χ2v) is 9.64. The first-order valence-electron chi connectivity index (χ1n) is 12.2. The second kappa shape index (κ2) is 11.5. The summed E-state index contributed by atoms with van der Waals surface area (Å²) in [5, 5.41) is 3.20. The summed E-state index contributed by atoms with van der Waals surface area (Å²) in [6.07, 6.45) is 3.51. The van der Waals surface area contributed by atoms with Crippen LogP contribution in [0, 0.1) is 11.8 Å². The number of para-hydroxylation sites is 1. The van der Waals surface area contributed by atoms with E-state index in [1.165, 1.54) is 24.1 Å². The summed E-state index contributed by atoms with van der Waals surface area (Å²) < 4.78 is 0. The molecule has 4 rings (SSSR count). The van der Waals surface area contributed by atoms with Gasteiger partial charge in [0.05, 0.1) is 6.54 Å². The van der Waals surface area contributed by atoms with Gasteiger partial charge in [0.15, 0.2) is 0 Å². The molecule has 0 aliphatic carbocycles. The van der Waals surface area contributed by atoms with Crippen molar-refractivity contribution in [1.82, 2.24) is 15.1 Å². The van der Waals surface area contributed by atoms with Gasteiger partial charge in [-0.1, -0.05) is 48.5 Å². The molecule has 0 aromatic heterocycles. The number of likely N-dealkylation sites (tertiary alicyclic amines) is 1. The topological polar surface area (TPSA) is 38.8 Å². The standard InChI is InChI=1S/C27H38N4O/c1-29(19-23-8-4-2-5-9-23)20-24-12-15-30(16-13-24)22-27(32)28-18-25-14-17-31(21-25)26-10-6-3-7-11-26/h2-11,24-25H,12-22H2,1H3,(H,28,32). The van der Waals surface area contributed by atoms with Gasteiger partial charge in [-0.3, -0.25) is 9.69 Å². The highest BCUT2D eigenvalue weighted by Gasteiger charge is 2.25. The molecule has 2 aliphatic heterocycles. The zero-order valence-electron chi connectivity index (χ0n) is 19.5. The molecule has 2 aromatic rings. The molecular weight excluding hydrogens is 396 g/mol. The van der Waals surface area contributed by atoms with Crippen LogP contribution < -0.4 is 10.2 Å². The predicted octanol–water partition coefficient (Wildman–Crippen LogP) is 3.47. The molecule has 1 atom stereocenters. The van der Waals surface area contributed by atoms with Gasteiger partial charge < -0.3 is 15.1 Å². The number of amides is 1. The summed E-state index contributed by atoms with van der Waals surface area (Å²) in [7, 11) is 2.22. The minimum absolute atomic E-state index is 0.183. The van der Waals surface area contributed by atoms with Gasteiger partial charge in [0.2, 0.25) is 5.91 Å². The van der Waals surface area contributed by atoms with Crippen LogP contribution in [0.5, 0.6) is 0 Å². The third-order valence-electron chi connectivity index (χ3n) is 6.93. The van der Waals surface area contributed by atoms with Gasteiger partial charge in [0.1, 0.15) is 0 Å². The lowest BCUT2D eigenvalue weighted by Crippen LogP contribution is -2.44. The third-order valence-corrected chi connectivity index (χ3v) is 6.93. The average molecular weight is 435 g/mol. The van der Waals surface area contributed by atoms with Crippen LogP contribution in [0.15, 0.2) is 60.7 Å². The summed E-state index contributed by atoms with van der Waals surface area (Å²) in [5.74, 6) is 1.46. The molecule has 2 aromatic carbocycles. The third kappa shape index (κ3) is 6.81. The maximum atomic E-state index is 12.5. The van der Waals surface area contributed by atoms with Gasteiger partial charge in [0, 0.05) is 38.4 Å². The van der Waals surface area contributed by atoms with E-state index >= 15 is 0 Å². The predicted molar refractivity (Wildman–Crippen MR) is 132 cm³/mol. The van der Waals surface area contributed by atoms with Crippen molar-refractivity contribution in [3.8, 4) is 0 Å². The maximum absolute atomic E-state index is 12.5. The monoisotopic (exact) mass is 434 g/mol. The van der Waals surface area contributed by atoms with Crippen LogP contribution in [0.25, 0.3) is 0 Å². The number of hydrogen-bond donors (Lipinski definition) is 1. The number of hydrogen-bond acceptors (Lipinski definition) is 4. The first-order valence-corrected chi connectivity index (χ1v) is 12.2. The lowest BCUT2D eigenvalue weighted by atomic mass is 9.96. The Morgan fingerprint density at radius 1 is 0.938 bits per heavy atom. The molecule has 32 heavy (non-hydrogen) atoms. The normalized spacial score (nSPS) is 20.1. The van der Waals surface area contributed by atoms with E-state index in [0.717, 1.165) is 58.2 Å². The highest BCUT2D eigenvalue weighted by Crippen LogP contribution is 2.23. The van der Waals surface area contributed by atoms with E-state index in [4.69, 9.17) is 0 Å². The molecular formula is C27H38N4O. The van der Waals surface area contributed by atoms with E-state index < -0.39 is 0 Å². The fourth-order valence-electron chi connectivity index (χ4n) is 5.12. The minimum Gasteiger partial charge on any atom is -0.371 e. The van der Waals surface area contributed by atoms with E-state index in [1.54, 1.807) is 0 Å². The molecule has 0 bridgehead atoms. The van der Waals surface area contributed by atoms with Gasteiger partial charge in [0.25, 0.3) is 0 Å². The van der Waals surface area contributed by atoms with Gasteiger partial charge in [-0.15, -0.1) is 0 Å². The Hall–Kier alpha value is -2.37. The fraction of sp³-hybridized carbons (Fsp3) is 0.519. The molecule has 2 saturated heterocycles. The number of carbonyl (C=O) groups excluding carboxylic acids is 1. The van der Waals surface area contributed by atoms with Crippen molar-refractivity contribution in [2.24, 2.45) is 11.8 Å². The zero-order valence-corrected chi connectivity index (χ0v) is 19.5. The molecule has 1 amide bonds. The van der Waals surface area contributed by atoms with Gasteiger partial charge in [-0.05, 0) is 68.9 Å². The average Bonchev–Trinajstić information content (AvgIpc) is 3.29. The molecule has 2 fully saturated rings. The molecule has 1 unspecified atom stereocenters. The number of piperidine rings is 1. The SMILES string of the molecule is CN(Cc1ccccc1)CC1CCN(CC(=O)NCC2CCN(c3ccccc3)C2)CC1. The van der Waals surface area contributed by atoms with Crippen molar-refractivity contribution in [3.05, 3.63) is 66.2 Å². The smallest absolute Gasteiger partial charge is 0.234 e. The van der Waals surface area contributed by atoms with Crippen LogP contribution in [-0.4, -0.2) is 68.6 Å². The van der Waals surface area contributed by atoms with Crippen molar-refractivity contribution in [1.29, 1.82) is 0 Å². The maximum Gasteiger partial charge on any atom is 0.234 e. The zero-order chi connectivity index (χ0) is 22.2. The van der Waals surface area contributed by atoms with Crippen LogP contribution >= 0.6 is 0 Å². The highest BCUT2D eigenvalue weighted by atomic mass is 16.2. The lowest BCUT2D eigenvalue weighted by molar-refractivity contribution is -0.122. The Morgan fingerprint density at radius 2 is 1.59 bits per heavy atom. The molecule has 0 saturated carbocycles. The van der Waals surface area contributed by atoms with E-state index in [-0.39, 0.29) is 5.91 Å². The van der Waals surface area contributed by atoms with Crippen LogP contribution in [0.2, 0.25) is 0 Å². The summed E-state index contributed by atoms with van der Waals surface area (Å²) >= 11 is 0. The molecule has 5 heteroatoms. The number of rotatable bonds is 9. The summed E-state index contributed by atoms with van der Waals surface area (Å²) in [4.78, 5) is 19.7. The van der Waals surface area contributed by atoms with E-state index in [1.807, 2.05) is 0 Å². The van der Waals surface area contributed by atoms with Crippen molar-refractivity contribution < 1.29 is 4.79 Å². The number of anilines is 1. The van der Waals surface area contributed by atoms with Gasteiger partial charge in [-0.25, -0.2) is 0 Å². The summed E-state index contributed by atoms with van der Waals surface area (Å²) in [5.41, 5.74) is 2.66. The molecule has 2 heterocycles. The van der Waals surface area contributed by atoms with Gasteiger partial charge in [-0.2, -0.15) is 0 Å². The molecule has 2 aliphatic rings. The van der Waals surface area contributed by atoms with Crippen LogP contribution in [0.4, 0.5) is 5.69 Å². The Bertz CT molecular complexity index is 820. The second-order valence-electron chi connectivity index (χ2n) is 9.64. The molecule has 1 N–H and O–H groups in total. The van der Waals surface area contributed by atoms with E-state index in [0.29, 0.717) is 12.5 Å². The highest BCUT2D eigenvalue weighted by molar-refractivity contribution is 5.78. The van der Waals surface area contributed by atoms with Crippen molar-refractivity contribution in [2.45, 2.75) is 25.8 Å². The van der Waals surface area contributed by atoms with Crippen LogP contribution in [-0.2, 0) is 11.3 Å². The van der Waals surface area contributed by atoms with Crippen LogP contribution in [0.3, 0.4) is 0 Å². The Morgan fingerprint density at radius 3 is 2.31 bits per heavy atom. The van der Waals surface area contributed by atoms with Crippen LogP contribution in [0.1, 0.15) is 24.8 Å². The first kappa shape index (κ1) is 22.8. The number of benzene rings is 2. The van der Waals surface area contributed by atoms with Crippen molar-refractivity contribution in [2.75, 3.05) is 57.8 Å². The summed E-state index contributed by atoms with van der Waals surface area (Å²) in [6.45, 7) is 7.65. The Balaban J connectivity index is 1.10. The Labute approximate surface area is 193 Å². The Kier molecular flexibility index (Phi) is 8.18. The molecule has 0 spiro atoms. The lowest BCUT2D eigenvalue weighted by Gasteiger charge is -2.33. The number of carbonyl (C=O) groups is 1.